The maximum Gasteiger partial charge on any atom is 0.336 e. The van der Waals surface area contributed by atoms with Gasteiger partial charge in [0.25, 0.3) is 0 Å². The van der Waals surface area contributed by atoms with Crippen molar-refractivity contribution in [2.45, 2.75) is 32.2 Å². The molecule has 1 heterocycles. The van der Waals surface area contributed by atoms with Gasteiger partial charge in [0.05, 0.1) is 18.2 Å². The molecule has 1 saturated heterocycles. The number of methoxy groups -OCH3 is 1. The van der Waals surface area contributed by atoms with Crippen molar-refractivity contribution in [3.8, 4) is 0 Å². The number of hydrogen-bond acceptors (Lipinski definition) is 4. The summed E-state index contributed by atoms with van der Waals surface area (Å²) in [5.74, 6) is -0.376. The third-order valence-corrected chi connectivity index (χ3v) is 2.74. The van der Waals surface area contributed by atoms with Crippen LogP contribution < -0.4 is 5.32 Å². The van der Waals surface area contributed by atoms with Gasteiger partial charge in [-0.05, 0) is 33.2 Å². The molecule has 0 aromatic rings. The Morgan fingerprint density at radius 1 is 1.57 bits per heavy atom. The zero-order valence-corrected chi connectivity index (χ0v) is 8.89. The Morgan fingerprint density at radius 2 is 2.21 bits per heavy atom. The van der Waals surface area contributed by atoms with Crippen molar-refractivity contribution in [2.75, 3.05) is 13.7 Å². The number of aliphatic hydroxyl groups is 1. The first-order chi connectivity index (χ1) is 6.51. The maximum atomic E-state index is 11.2. The van der Waals surface area contributed by atoms with Crippen molar-refractivity contribution < 1.29 is 14.6 Å². The topological polar surface area (TPSA) is 58.6 Å². The number of ether oxygens (including phenoxy) is 1. The lowest BCUT2D eigenvalue weighted by Gasteiger charge is -2.24. The molecular formula is C10H17NO3. The summed E-state index contributed by atoms with van der Waals surface area (Å²) in [6.45, 7) is 4.34. The fourth-order valence-electron chi connectivity index (χ4n) is 1.76. The van der Waals surface area contributed by atoms with Crippen LogP contribution in [-0.2, 0) is 9.53 Å². The van der Waals surface area contributed by atoms with Crippen LogP contribution in [0.2, 0.25) is 0 Å². The minimum absolute atomic E-state index is 0.0989. The summed E-state index contributed by atoms with van der Waals surface area (Å²) < 4.78 is 4.55. The fourth-order valence-corrected chi connectivity index (χ4v) is 1.76. The summed E-state index contributed by atoms with van der Waals surface area (Å²) in [7, 11) is 1.31. The van der Waals surface area contributed by atoms with Gasteiger partial charge in [-0.25, -0.2) is 4.79 Å². The van der Waals surface area contributed by atoms with Crippen LogP contribution in [0, 0.1) is 0 Å². The Hall–Kier alpha value is -1.03. The molecule has 80 valence electrons. The molecule has 0 aromatic carbocycles. The number of aliphatic hydroxyl groups excluding tert-OH is 1. The second-order valence-corrected chi connectivity index (χ2v) is 3.83. The summed E-state index contributed by atoms with van der Waals surface area (Å²) in [4.78, 5) is 11.2. The van der Waals surface area contributed by atoms with Crippen LogP contribution in [0.15, 0.2) is 11.3 Å². The van der Waals surface area contributed by atoms with E-state index >= 15 is 0 Å². The Labute approximate surface area is 83.9 Å². The first kappa shape index (κ1) is 11.0. The molecule has 0 amide bonds. The molecule has 0 spiro atoms. The molecule has 0 radical (unpaired) electrons. The molecule has 0 aromatic heterocycles. The fraction of sp³-hybridized carbons (Fsp3) is 0.700. The summed E-state index contributed by atoms with van der Waals surface area (Å²) >= 11 is 0. The minimum Gasteiger partial charge on any atom is -0.510 e. The Balaban J connectivity index is 2.90. The van der Waals surface area contributed by atoms with Crippen molar-refractivity contribution in [1.82, 2.24) is 5.32 Å². The summed E-state index contributed by atoms with van der Waals surface area (Å²) in [5, 5.41) is 13.1. The van der Waals surface area contributed by atoms with E-state index in [2.05, 4.69) is 10.1 Å². The van der Waals surface area contributed by atoms with Crippen molar-refractivity contribution in [1.29, 1.82) is 0 Å². The molecule has 0 saturated carbocycles. The van der Waals surface area contributed by atoms with Crippen LogP contribution in [0.1, 0.15) is 26.7 Å². The normalized spacial score (nSPS) is 28.5. The van der Waals surface area contributed by atoms with E-state index in [1.807, 2.05) is 6.92 Å². The summed E-state index contributed by atoms with van der Waals surface area (Å²) in [6, 6.07) is 0. The van der Waals surface area contributed by atoms with Crippen molar-refractivity contribution in [3.05, 3.63) is 11.3 Å². The van der Waals surface area contributed by atoms with E-state index in [9.17, 15) is 9.90 Å². The number of hydrogen-bond donors (Lipinski definition) is 2. The predicted molar refractivity (Wildman–Crippen MR) is 53.0 cm³/mol. The summed E-state index contributed by atoms with van der Waals surface area (Å²) in [6.07, 6.45) is 1.85. The lowest BCUT2D eigenvalue weighted by atomic mass is 9.94. The molecule has 1 fully saturated rings. The smallest absolute Gasteiger partial charge is 0.336 e. The molecule has 0 aliphatic carbocycles. The third kappa shape index (κ3) is 1.90. The van der Waals surface area contributed by atoms with Gasteiger partial charge in [-0.15, -0.1) is 0 Å². The van der Waals surface area contributed by atoms with Gasteiger partial charge in [0.2, 0.25) is 0 Å². The SMILES string of the molecule is COC(=O)/C(C)=C(\O)[C@@]1(C)CCCN1. The van der Waals surface area contributed by atoms with Crippen LogP contribution in [0.5, 0.6) is 0 Å². The van der Waals surface area contributed by atoms with Gasteiger partial charge in [-0.2, -0.15) is 0 Å². The molecule has 0 unspecified atom stereocenters. The first-order valence-corrected chi connectivity index (χ1v) is 4.75. The molecule has 4 nitrogen and oxygen atoms in total. The van der Waals surface area contributed by atoms with Crippen LogP contribution in [0.4, 0.5) is 0 Å². The van der Waals surface area contributed by atoms with E-state index in [-0.39, 0.29) is 11.3 Å². The number of rotatable bonds is 2. The number of carbonyl (C=O) groups is 1. The van der Waals surface area contributed by atoms with E-state index < -0.39 is 11.5 Å². The highest BCUT2D eigenvalue weighted by molar-refractivity contribution is 5.88. The van der Waals surface area contributed by atoms with E-state index in [4.69, 9.17) is 0 Å². The molecule has 2 N–H and O–H groups in total. The molecule has 1 aliphatic rings. The van der Waals surface area contributed by atoms with E-state index in [0.29, 0.717) is 0 Å². The monoisotopic (exact) mass is 199 g/mol. The second-order valence-electron chi connectivity index (χ2n) is 3.83. The quantitative estimate of drug-likeness (QED) is 0.397. The molecule has 4 heteroatoms. The van der Waals surface area contributed by atoms with Gasteiger partial charge in [-0.3, -0.25) is 0 Å². The van der Waals surface area contributed by atoms with Gasteiger partial charge < -0.3 is 15.2 Å². The lowest BCUT2D eigenvalue weighted by Crippen LogP contribution is -2.39. The average molecular weight is 199 g/mol. The molecule has 0 bridgehead atoms. The Morgan fingerprint density at radius 3 is 2.64 bits per heavy atom. The van der Waals surface area contributed by atoms with Crippen molar-refractivity contribution >= 4 is 5.97 Å². The van der Waals surface area contributed by atoms with Gasteiger partial charge in [0, 0.05) is 0 Å². The zero-order valence-electron chi connectivity index (χ0n) is 8.89. The van der Waals surface area contributed by atoms with E-state index in [0.717, 1.165) is 19.4 Å². The molecule has 14 heavy (non-hydrogen) atoms. The zero-order chi connectivity index (χ0) is 10.8. The minimum atomic E-state index is -0.475. The van der Waals surface area contributed by atoms with Crippen LogP contribution >= 0.6 is 0 Å². The van der Waals surface area contributed by atoms with E-state index in [1.165, 1.54) is 7.11 Å². The Bertz CT molecular complexity index is 265. The Kier molecular flexibility index (Phi) is 3.16. The second kappa shape index (κ2) is 4.00. The number of carbonyl (C=O) groups excluding carboxylic acids is 1. The molecular weight excluding hydrogens is 182 g/mol. The van der Waals surface area contributed by atoms with Crippen molar-refractivity contribution in [3.63, 3.8) is 0 Å². The lowest BCUT2D eigenvalue weighted by molar-refractivity contribution is -0.136. The highest BCUT2D eigenvalue weighted by Gasteiger charge is 2.34. The van der Waals surface area contributed by atoms with Crippen molar-refractivity contribution in [2.24, 2.45) is 0 Å². The van der Waals surface area contributed by atoms with Gasteiger partial charge in [0.15, 0.2) is 0 Å². The standard InChI is InChI=1S/C10H17NO3/c1-7(9(13)14-3)8(12)10(2)5-4-6-11-10/h11-12H,4-6H2,1-3H3/b8-7-/t10-/m1/s1. The summed E-state index contributed by atoms with van der Waals surface area (Å²) in [5.41, 5.74) is -0.178. The largest absolute Gasteiger partial charge is 0.510 e. The van der Waals surface area contributed by atoms with E-state index in [1.54, 1.807) is 6.92 Å². The molecule has 1 aliphatic heterocycles. The highest BCUT2D eigenvalue weighted by Crippen LogP contribution is 2.27. The van der Waals surface area contributed by atoms with Crippen LogP contribution in [0.3, 0.4) is 0 Å². The third-order valence-electron chi connectivity index (χ3n) is 2.74. The molecule has 1 atom stereocenters. The average Bonchev–Trinajstić information content (AvgIpc) is 2.63. The van der Waals surface area contributed by atoms with Crippen LogP contribution in [0.25, 0.3) is 0 Å². The van der Waals surface area contributed by atoms with Gasteiger partial charge in [-0.1, -0.05) is 0 Å². The molecule has 1 rings (SSSR count). The van der Waals surface area contributed by atoms with Crippen LogP contribution in [-0.4, -0.2) is 30.3 Å². The van der Waals surface area contributed by atoms with Gasteiger partial charge >= 0.3 is 5.97 Å². The predicted octanol–water partition coefficient (Wildman–Crippen LogP) is 1.13. The number of esters is 1. The number of nitrogens with one attached hydrogen (secondary N) is 1. The maximum absolute atomic E-state index is 11.2. The van der Waals surface area contributed by atoms with Gasteiger partial charge in [0.1, 0.15) is 5.76 Å². The highest BCUT2D eigenvalue weighted by atomic mass is 16.5. The first-order valence-electron chi connectivity index (χ1n) is 4.75.